The average molecular weight is 128 g/mol. The van der Waals surface area contributed by atoms with Gasteiger partial charge in [-0.25, -0.2) is 5.84 Å². The van der Waals surface area contributed by atoms with Crippen LogP contribution in [0.25, 0.3) is 0 Å². The van der Waals surface area contributed by atoms with E-state index in [2.05, 4.69) is 0 Å². The molecule has 3 nitrogen and oxygen atoms in total. The fourth-order valence-electron chi connectivity index (χ4n) is 0.943. The van der Waals surface area contributed by atoms with Gasteiger partial charge >= 0.3 is 0 Å². The summed E-state index contributed by atoms with van der Waals surface area (Å²) in [6.45, 7) is 0. The van der Waals surface area contributed by atoms with Gasteiger partial charge in [-0.15, -0.1) is 0 Å². The maximum absolute atomic E-state index is 10.9. The fourth-order valence-corrected chi connectivity index (χ4v) is 0.943. The Hall–Kier alpha value is -0.570. The zero-order valence-corrected chi connectivity index (χ0v) is 5.63. The van der Waals surface area contributed by atoms with E-state index in [0.29, 0.717) is 0 Å². The second kappa shape index (κ2) is 2.35. The Labute approximate surface area is 54.8 Å². The van der Waals surface area contributed by atoms with E-state index >= 15 is 0 Å². The number of hydrazine groups is 1. The first-order chi connectivity index (χ1) is 4.22. The topological polar surface area (TPSA) is 46.3 Å². The molecular formula is C6H12N2O. The lowest BCUT2D eigenvalue weighted by Gasteiger charge is -2.26. The molecule has 0 radical (unpaired) electrons. The molecule has 2 N–H and O–H groups in total. The minimum Gasteiger partial charge on any atom is -0.284 e. The van der Waals surface area contributed by atoms with E-state index in [1.54, 1.807) is 7.05 Å². The number of carbonyl (C=O) groups excluding carboxylic acids is 1. The molecule has 9 heavy (non-hydrogen) atoms. The molecule has 0 saturated heterocycles. The Balaban J connectivity index is 2.32. The van der Waals surface area contributed by atoms with Gasteiger partial charge in [0, 0.05) is 13.0 Å². The number of nitrogens with two attached hydrogens (primary N) is 1. The lowest BCUT2D eigenvalue weighted by molar-refractivity contribution is -0.137. The van der Waals surface area contributed by atoms with Crippen molar-refractivity contribution in [3.63, 3.8) is 0 Å². The van der Waals surface area contributed by atoms with Crippen LogP contribution >= 0.6 is 0 Å². The van der Waals surface area contributed by atoms with Crippen molar-refractivity contribution in [3.8, 4) is 0 Å². The lowest BCUT2D eigenvalue weighted by atomic mass is 9.85. The van der Waals surface area contributed by atoms with Crippen molar-refractivity contribution in [1.82, 2.24) is 5.01 Å². The van der Waals surface area contributed by atoms with Crippen LogP contribution in [0.1, 0.15) is 19.3 Å². The number of hydrogen-bond acceptors (Lipinski definition) is 2. The van der Waals surface area contributed by atoms with Crippen LogP contribution in [0, 0.1) is 5.92 Å². The van der Waals surface area contributed by atoms with Crippen molar-refractivity contribution in [3.05, 3.63) is 0 Å². The summed E-state index contributed by atoms with van der Waals surface area (Å²) in [4.78, 5) is 10.9. The van der Waals surface area contributed by atoms with Crippen LogP contribution in [0.4, 0.5) is 0 Å². The van der Waals surface area contributed by atoms with E-state index in [1.807, 2.05) is 0 Å². The molecule has 0 aromatic heterocycles. The standard InChI is InChI=1S/C6H12N2O/c1-8(7)6(9)5-3-2-4-5/h5H,2-4,7H2,1H3. The number of nitrogens with zero attached hydrogens (tertiary/aromatic N) is 1. The first-order valence-corrected chi connectivity index (χ1v) is 3.24. The molecule has 1 aliphatic rings. The largest absolute Gasteiger partial charge is 0.284 e. The summed E-state index contributed by atoms with van der Waals surface area (Å²) in [6, 6.07) is 0. The highest BCUT2D eigenvalue weighted by Gasteiger charge is 2.26. The molecule has 0 bridgehead atoms. The molecule has 3 heteroatoms. The highest BCUT2D eigenvalue weighted by Crippen LogP contribution is 2.26. The summed E-state index contributed by atoms with van der Waals surface area (Å²) in [5.74, 6) is 5.55. The van der Waals surface area contributed by atoms with Crippen molar-refractivity contribution in [2.24, 2.45) is 11.8 Å². The predicted octanol–water partition coefficient (Wildman–Crippen LogP) is 0.119. The molecule has 1 rings (SSSR count). The first kappa shape index (κ1) is 6.55. The number of hydrogen-bond donors (Lipinski definition) is 1. The Bertz CT molecular complexity index is 118. The third-order valence-electron chi connectivity index (χ3n) is 1.80. The normalized spacial score (nSPS) is 18.9. The molecule has 1 amide bonds. The monoisotopic (exact) mass is 128 g/mol. The molecule has 0 atom stereocenters. The number of rotatable bonds is 1. The summed E-state index contributed by atoms with van der Waals surface area (Å²) in [6.07, 6.45) is 3.24. The van der Waals surface area contributed by atoms with Crippen molar-refractivity contribution < 1.29 is 4.79 Å². The second-order valence-corrected chi connectivity index (χ2v) is 2.58. The van der Waals surface area contributed by atoms with Gasteiger partial charge in [0.15, 0.2) is 0 Å². The molecule has 0 spiro atoms. The van der Waals surface area contributed by atoms with Crippen LogP contribution in [0.2, 0.25) is 0 Å². The van der Waals surface area contributed by atoms with E-state index < -0.39 is 0 Å². The highest BCUT2D eigenvalue weighted by atomic mass is 16.2. The van der Waals surface area contributed by atoms with Crippen molar-refractivity contribution in [2.45, 2.75) is 19.3 Å². The third kappa shape index (κ3) is 1.21. The van der Waals surface area contributed by atoms with E-state index in [9.17, 15) is 4.79 Å². The summed E-state index contributed by atoms with van der Waals surface area (Å²) in [5.41, 5.74) is 0. The van der Waals surface area contributed by atoms with Crippen LogP contribution in [-0.2, 0) is 4.79 Å². The number of amides is 1. The molecular weight excluding hydrogens is 116 g/mol. The van der Waals surface area contributed by atoms with Crippen molar-refractivity contribution in [2.75, 3.05) is 7.05 Å². The van der Waals surface area contributed by atoms with Gasteiger partial charge in [0.2, 0.25) is 5.91 Å². The van der Waals surface area contributed by atoms with Crippen molar-refractivity contribution >= 4 is 5.91 Å². The van der Waals surface area contributed by atoms with E-state index in [-0.39, 0.29) is 11.8 Å². The molecule has 0 aromatic carbocycles. The maximum Gasteiger partial charge on any atom is 0.239 e. The van der Waals surface area contributed by atoms with Crippen molar-refractivity contribution in [1.29, 1.82) is 0 Å². The second-order valence-electron chi connectivity index (χ2n) is 2.58. The SMILES string of the molecule is CN(N)C(=O)C1CCC1. The maximum atomic E-state index is 10.9. The van der Waals surface area contributed by atoms with E-state index in [4.69, 9.17) is 5.84 Å². The summed E-state index contributed by atoms with van der Waals surface area (Å²) in [5, 5.41) is 1.18. The summed E-state index contributed by atoms with van der Waals surface area (Å²) < 4.78 is 0. The van der Waals surface area contributed by atoms with Crippen LogP contribution < -0.4 is 5.84 Å². The Morgan fingerprint density at radius 1 is 1.67 bits per heavy atom. The van der Waals surface area contributed by atoms with Gasteiger partial charge in [-0.3, -0.25) is 9.80 Å². The van der Waals surface area contributed by atoms with Gasteiger partial charge in [-0.2, -0.15) is 0 Å². The van der Waals surface area contributed by atoms with E-state index in [1.165, 1.54) is 11.4 Å². The summed E-state index contributed by atoms with van der Waals surface area (Å²) >= 11 is 0. The molecule has 0 aromatic rings. The van der Waals surface area contributed by atoms with Gasteiger partial charge in [0.05, 0.1) is 0 Å². The smallest absolute Gasteiger partial charge is 0.239 e. The highest BCUT2D eigenvalue weighted by molar-refractivity contribution is 5.78. The van der Waals surface area contributed by atoms with Crippen LogP contribution in [-0.4, -0.2) is 18.0 Å². The molecule has 1 fully saturated rings. The van der Waals surface area contributed by atoms with E-state index in [0.717, 1.165) is 12.8 Å². The zero-order valence-electron chi connectivity index (χ0n) is 5.63. The van der Waals surface area contributed by atoms with Crippen LogP contribution in [0.3, 0.4) is 0 Å². The average Bonchev–Trinajstić information content (AvgIpc) is 1.60. The van der Waals surface area contributed by atoms with Gasteiger partial charge in [-0.05, 0) is 12.8 Å². The third-order valence-corrected chi connectivity index (χ3v) is 1.80. The van der Waals surface area contributed by atoms with Gasteiger partial charge in [0.1, 0.15) is 0 Å². The Morgan fingerprint density at radius 3 is 2.33 bits per heavy atom. The zero-order chi connectivity index (χ0) is 6.85. The Kier molecular flexibility index (Phi) is 1.71. The summed E-state index contributed by atoms with van der Waals surface area (Å²) in [7, 11) is 1.60. The molecule has 0 aliphatic heterocycles. The molecule has 1 aliphatic carbocycles. The van der Waals surface area contributed by atoms with Crippen LogP contribution in [0.15, 0.2) is 0 Å². The molecule has 0 unspecified atom stereocenters. The number of carbonyl (C=O) groups is 1. The fraction of sp³-hybridized carbons (Fsp3) is 0.833. The first-order valence-electron chi connectivity index (χ1n) is 3.24. The Morgan fingerprint density at radius 2 is 2.22 bits per heavy atom. The molecule has 0 heterocycles. The van der Waals surface area contributed by atoms with Gasteiger partial charge in [0.25, 0.3) is 0 Å². The minimum absolute atomic E-state index is 0.0845. The molecule has 52 valence electrons. The quantitative estimate of drug-likeness (QED) is 0.310. The van der Waals surface area contributed by atoms with Gasteiger partial charge < -0.3 is 0 Å². The van der Waals surface area contributed by atoms with Gasteiger partial charge in [-0.1, -0.05) is 6.42 Å². The predicted molar refractivity (Wildman–Crippen MR) is 34.3 cm³/mol. The molecule has 1 saturated carbocycles. The van der Waals surface area contributed by atoms with Crippen LogP contribution in [0.5, 0.6) is 0 Å². The lowest BCUT2D eigenvalue weighted by Crippen LogP contribution is -2.40. The minimum atomic E-state index is 0.0845.